The summed E-state index contributed by atoms with van der Waals surface area (Å²) in [4.78, 5) is 9.88. The van der Waals surface area contributed by atoms with Crippen LogP contribution in [-0.2, 0) is 4.79 Å². The van der Waals surface area contributed by atoms with Crippen molar-refractivity contribution in [2.24, 2.45) is 0 Å². The van der Waals surface area contributed by atoms with Crippen LogP contribution in [0.3, 0.4) is 0 Å². The molecule has 0 fully saturated rings. The first-order valence-electron chi connectivity index (χ1n) is 2.01. The molecule has 0 spiro atoms. The third-order valence-electron chi connectivity index (χ3n) is 0.678. The van der Waals surface area contributed by atoms with Gasteiger partial charge in [0.1, 0.15) is 0 Å². The quantitative estimate of drug-likeness (QED) is 0.325. The SMILES string of the molecule is O=C(O)C(CS)[NH2+][O-]. The highest BCUT2D eigenvalue weighted by Crippen LogP contribution is 1.78. The van der Waals surface area contributed by atoms with Crippen molar-refractivity contribution >= 4 is 18.6 Å². The Balaban J connectivity index is 3.52. The van der Waals surface area contributed by atoms with Gasteiger partial charge in [-0.05, 0) is 0 Å². The lowest BCUT2D eigenvalue weighted by molar-refractivity contribution is -0.610. The highest BCUT2D eigenvalue weighted by molar-refractivity contribution is 7.80. The molecule has 4 nitrogen and oxygen atoms in total. The summed E-state index contributed by atoms with van der Waals surface area (Å²) in [6, 6.07) is -0.946. The van der Waals surface area contributed by atoms with Crippen molar-refractivity contribution in [3.63, 3.8) is 0 Å². The van der Waals surface area contributed by atoms with Crippen molar-refractivity contribution in [3.05, 3.63) is 5.21 Å². The molecule has 0 aromatic heterocycles. The minimum absolute atomic E-state index is 0.0683. The zero-order valence-corrected chi connectivity index (χ0v) is 4.97. The number of quaternary nitrogens is 1. The molecule has 0 aromatic carbocycles. The molecular weight excluding hydrogens is 130 g/mol. The summed E-state index contributed by atoms with van der Waals surface area (Å²) in [5.41, 5.74) is 0.370. The van der Waals surface area contributed by atoms with Crippen molar-refractivity contribution in [1.82, 2.24) is 0 Å². The predicted molar refractivity (Wildman–Crippen MR) is 30.6 cm³/mol. The van der Waals surface area contributed by atoms with Gasteiger partial charge in [-0.1, -0.05) is 0 Å². The average Bonchev–Trinajstić information content (AvgIpc) is 1.69. The summed E-state index contributed by atoms with van der Waals surface area (Å²) >= 11 is 3.62. The van der Waals surface area contributed by atoms with Crippen LogP contribution >= 0.6 is 12.6 Å². The molecule has 1 atom stereocenters. The van der Waals surface area contributed by atoms with E-state index in [0.29, 0.717) is 5.48 Å². The van der Waals surface area contributed by atoms with Crippen LogP contribution < -0.4 is 5.48 Å². The number of hydrogen-bond donors (Lipinski definition) is 3. The van der Waals surface area contributed by atoms with Gasteiger partial charge in [-0.3, -0.25) is 0 Å². The Kier molecular flexibility index (Phi) is 3.59. The number of hydrogen-bond acceptors (Lipinski definition) is 3. The third kappa shape index (κ3) is 2.15. The van der Waals surface area contributed by atoms with Gasteiger partial charge in [0.2, 0.25) is 0 Å². The first-order chi connectivity index (χ1) is 3.72. The topological polar surface area (TPSA) is 77.0 Å². The van der Waals surface area contributed by atoms with Gasteiger partial charge in [0.05, 0.1) is 5.75 Å². The molecular formula is C3H7NO3S. The van der Waals surface area contributed by atoms with Crippen molar-refractivity contribution in [2.45, 2.75) is 6.04 Å². The maximum Gasteiger partial charge on any atom is 0.363 e. The molecule has 0 bridgehead atoms. The molecule has 0 saturated heterocycles. The van der Waals surface area contributed by atoms with Gasteiger partial charge < -0.3 is 15.8 Å². The van der Waals surface area contributed by atoms with Crippen molar-refractivity contribution < 1.29 is 15.4 Å². The summed E-state index contributed by atoms with van der Waals surface area (Å²) in [5.74, 6) is -1.05. The molecule has 5 heteroatoms. The number of carboxylic acid groups (broad SMARTS) is 1. The first kappa shape index (κ1) is 7.74. The summed E-state index contributed by atoms with van der Waals surface area (Å²) < 4.78 is 0. The smallest absolute Gasteiger partial charge is 0.363 e. The van der Waals surface area contributed by atoms with Gasteiger partial charge in [0, 0.05) is 0 Å². The first-order valence-corrected chi connectivity index (χ1v) is 2.64. The van der Waals surface area contributed by atoms with Gasteiger partial charge in [-0.25, -0.2) is 4.79 Å². The van der Waals surface area contributed by atoms with Crippen LogP contribution in [0.4, 0.5) is 0 Å². The molecule has 0 saturated carbocycles. The lowest BCUT2D eigenvalue weighted by Crippen LogP contribution is -2.87. The minimum Gasteiger partial charge on any atom is -0.635 e. The summed E-state index contributed by atoms with van der Waals surface area (Å²) in [7, 11) is 0. The third-order valence-corrected chi connectivity index (χ3v) is 1.07. The van der Waals surface area contributed by atoms with Gasteiger partial charge in [-0.15, -0.1) is 0 Å². The van der Waals surface area contributed by atoms with Crippen LogP contribution in [0.2, 0.25) is 0 Å². The van der Waals surface area contributed by atoms with E-state index in [0.717, 1.165) is 0 Å². The standard InChI is InChI=1S/C3H7NO3S/c5-3(6)2(1-8)4-7/h2,8H,1,4H2,(H,5,6). The second-order valence-corrected chi connectivity index (χ2v) is 1.63. The van der Waals surface area contributed by atoms with Crippen molar-refractivity contribution in [2.75, 3.05) is 5.75 Å². The van der Waals surface area contributed by atoms with E-state index in [1.54, 1.807) is 0 Å². The van der Waals surface area contributed by atoms with Crippen LogP contribution in [-0.4, -0.2) is 22.9 Å². The molecule has 0 aliphatic heterocycles. The van der Waals surface area contributed by atoms with E-state index in [2.05, 4.69) is 12.6 Å². The van der Waals surface area contributed by atoms with E-state index in [1.807, 2.05) is 0 Å². The Morgan fingerprint density at radius 1 is 2.00 bits per heavy atom. The normalized spacial score (nSPS) is 13.2. The molecule has 0 radical (unpaired) electrons. The zero-order valence-electron chi connectivity index (χ0n) is 4.07. The summed E-state index contributed by atoms with van der Waals surface area (Å²) in [5, 5.41) is 17.8. The Labute approximate surface area is 51.9 Å². The number of hydroxylamine groups is 1. The molecule has 3 N–H and O–H groups in total. The highest BCUT2D eigenvalue weighted by Gasteiger charge is 2.13. The fourth-order valence-electron chi connectivity index (χ4n) is 0.179. The lowest BCUT2D eigenvalue weighted by Gasteiger charge is -2.07. The number of nitrogens with two attached hydrogens (primary N) is 1. The van der Waals surface area contributed by atoms with Gasteiger partial charge in [0.25, 0.3) is 0 Å². The van der Waals surface area contributed by atoms with Crippen molar-refractivity contribution in [3.8, 4) is 0 Å². The fraction of sp³-hybridized carbons (Fsp3) is 0.667. The number of aliphatic carboxylic acids is 1. The Morgan fingerprint density at radius 2 is 2.50 bits per heavy atom. The fourth-order valence-corrected chi connectivity index (χ4v) is 0.422. The van der Waals surface area contributed by atoms with Gasteiger partial charge >= 0.3 is 5.97 Å². The second kappa shape index (κ2) is 3.71. The maximum atomic E-state index is 9.88. The van der Waals surface area contributed by atoms with Crippen LogP contribution in [0, 0.1) is 5.21 Å². The summed E-state index contributed by atoms with van der Waals surface area (Å²) in [6.45, 7) is 0. The monoisotopic (exact) mass is 137 g/mol. The number of carboxylic acids is 1. The van der Waals surface area contributed by atoms with E-state index in [-0.39, 0.29) is 5.75 Å². The number of carbonyl (C=O) groups is 1. The highest BCUT2D eigenvalue weighted by atomic mass is 32.1. The zero-order chi connectivity index (χ0) is 6.57. The molecule has 0 aliphatic carbocycles. The van der Waals surface area contributed by atoms with E-state index < -0.39 is 12.0 Å². The average molecular weight is 137 g/mol. The predicted octanol–water partition coefficient (Wildman–Crippen LogP) is -1.57. The Bertz CT molecular complexity index is 82.6. The molecule has 1 unspecified atom stereocenters. The van der Waals surface area contributed by atoms with Crippen LogP contribution in [0.5, 0.6) is 0 Å². The van der Waals surface area contributed by atoms with Crippen molar-refractivity contribution in [1.29, 1.82) is 0 Å². The van der Waals surface area contributed by atoms with E-state index in [9.17, 15) is 10.0 Å². The van der Waals surface area contributed by atoms with Crippen LogP contribution in [0.15, 0.2) is 0 Å². The second-order valence-electron chi connectivity index (χ2n) is 1.26. The van der Waals surface area contributed by atoms with Gasteiger partial charge in [-0.2, -0.15) is 12.6 Å². The van der Waals surface area contributed by atoms with E-state index in [4.69, 9.17) is 5.11 Å². The molecule has 0 amide bonds. The maximum absolute atomic E-state index is 9.88. The molecule has 48 valence electrons. The van der Waals surface area contributed by atoms with E-state index >= 15 is 0 Å². The van der Waals surface area contributed by atoms with Crippen LogP contribution in [0.25, 0.3) is 0 Å². The Morgan fingerprint density at radius 3 is 2.50 bits per heavy atom. The number of thiol groups is 1. The molecule has 0 heterocycles. The Hall–Kier alpha value is -0.260. The largest absolute Gasteiger partial charge is 0.635 e. The molecule has 0 rings (SSSR count). The lowest BCUT2D eigenvalue weighted by atomic mass is 10.4. The number of rotatable bonds is 3. The minimum atomic E-state index is -1.12. The van der Waals surface area contributed by atoms with Crippen LogP contribution in [0.1, 0.15) is 0 Å². The van der Waals surface area contributed by atoms with Gasteiger partial charge in [0.15, 0.2) is 6.04 Å². The van der Waals surface area contributed by atoms with E-state index in [1.165, 1.54) is 0 Å². The molecule has 0 aliphatic rings. The summed E-state index contributed by atoms with van der Waals surface area (Å²) in [6.07, 6.45) is 0. The molecule has 8 heavy (non-hydrogen) atoms. The molecule has 0 aromatic rings.